The van der Waals surface area contributed by atoms with Gasteiger partial charge in [-0.15, -0.1) is 0 Å². The van der Waals surface area contributed by atoms with Crippen LogP contribution in [0.2, 0.25) is 0 Å². The average Bonchev–Trinajstić information content (AvgIpc) is 2.20. The lowest BCUT2D eigenvalue weighted by Gasteiger charge is -2.07. The summed E-state index contributed by atoms with van der Waals surface area (Å²) in [5.41, 5.74) is 0.507. The summed E-state index contributed by atoms with van der Waals surface area (Å²) in [4.78, 5) is 10.6. The van der Waals surface area contributed by atoms with Crippen molar-refractivity contribution in [1.29, 1.82) is 0 Å². The highest BCUT2D eigenvalue weighted by Crippen LogP contribution is 2.22. The second-order valence-corrected chi connectivity index (χ2v) is 3.98. The van der Waals surface area contributed by atoms with Crippen molar-refractivity contribution in [1.82, 2.24) is 0 Å². The Balaban J connectivity index is 3.20. The first kappa shape index (κ1) is 12.9. The Hall–Kier alpha value is -1.20. The number of ether oxygens (including phenoxy) is 1. The van der Waals surface area contributed by atoms with Crippen LogP contribution in [-0.4, -0.2) is 24.8 Å². The Morgan fingerprint density at radius 3 is 2.88 bits per heavy atom. The molecule has 0 unspecified atom stereocenters. The first-order valence-electron chi connectivity index (χ1n) is 4.42. The number of carboxylic acids is 1. The maximum atomic E-state index is 13.5. The number of benzene rings is 1. The molecule has 1 aromatic rings. The Labute approximate surface area is 101 Å². The standard InChI is InChI=1S/C11H10BrFO3/c1-16-6-7(4-11(14)15)9-5-8(12)2-3-10(9)13/h2-5H,6H2,1H3,(H,14,15)/b7-4+. The Bertz CT molecular complexity index is 429. The van der Waals surface area contributed by atoms with Crippen molar-refractivity contribution in [3.05, 3.63) is 40.1 Å². The number of rotatable bonds is 4. The van der Waals surface area contributed by atoms with Crippen molar-refractivity contribution >= 4 is 27.5 Å². The molecule has 0 spiro atoms. The molecule has 0 saturated carbocycles. The molecule has 0 aliphatic heterocycles. The highest BCUT2D eigenvalue weighted by molar-refractivity contribution is 9.10. The van der Waals surface area contributed by atoms with Gasteiger partial charge in [-0.05, 0) is 23.8 Å². The van der Waals surface area contributed by atoms with Gasteiger partial charge in [0.2, 0.25) is 0 Å². The summed E-state index contributed by atoms with van der Waals surface area (Å²) < 4.78 is 19.0. The zero-order valence-corrected chi connectivity index (χ0v) is 10.1. The molecule has 0 heterocycles. The summed E-state index contributed by atoms with van der Waals surface area (Å²) in [6, 6.07) is 4.33. The van der Waals surface area contributed by atoms with Gasteiger partial charge in [-0.1, -0.05) is 15.9 Å². The molecule has 0 bridgehead atoms. The number of hydrogen-bond donors (Lipinski definition) is 1. The minimum absolute atomic E-state index is 0.0413. The predicted molar refractivity (Wildman–Crippen MR) is 61.6 cm³/mol. The number of methoxy groups -OCH3 is 1. The van der Waals surface area contributed by atoms with Gasteiger partial charge in [0.15, 0.2) is 0 Å². The van der Waals surface area contributed by atoms with Crippen molar-refractivity contribution in [3.63, 3.8) is 0 Å². The Kier molecular flexibility index (Phi) is 4.64. The van der Waals surface area contributed by atoms with Crippen LogP contribution in [0.25, 0.3) is 5.57 Å². The van der Waals surface area contributed by atoms with Gasteiger partial charge in [0, 0.05) is 23.2 Å². The van der Waals surface area contributed by atoms with Crippen molar-refractivity contribution < 1.29 is 19.0 Å². The highest BCUT2D eigenvalue weighted by atomic mass is 79.9. The van der Waals surface area contributed by atoms with E-state index in [4.69, 9.17) is 9.84 Å². The van der Waals surface area contributed by atoms with Crippen LogP contribution in [0.4, 0.5) is 4.39 Å². The van der Waals surface area contributed by atoms with E-state index in [2.05, 4.69) is 15.9 Å². The molecule has 0 aliphatic rings. The quantitative estimate of drug-likeness (QED) is 0.867. The monoisotopic (exact) mass is 288 g/mol. The van der Waals surface area contributed by atoms with Crippen LogP contribution in [0.15, 0.2) is 28.7 Å². The lowest BCUT2D eigenvalue weighted by atomic mass is 10.1. The summed E-state index contributed by atoms with van der Waals surface area (Å²) in [6.07, 6.45) is 0.939. The molecule has 86 valence electrons. The molecule has 5 heteroatoms. The van der Waals surface area contributed by atoms with Crippen molar-refractivity contribution in [3.8, 4) is 0 Å². The third-order valence-corrected chi connectivity index (χ3v) is 2.37. The van der Waals surface area contributed by atoms with Crippen molar-refractivity contribution in [2.75, 3.05) is 13.7 Å². The van der Waals surface area contributed by atoms with E-state index in [9.17, 15) is 9.18 Å². The molecule has 16 heavy (non-hydrogen) atoms. The Morgan fingerprint density at radius 1 is 1.62 bits per heavy atom. The lowest BCUT2D eigenvalue weighted by molar-refractivity contribution is -0.131. The fourth-order valence-electron chi connectivity index (χ4n) is 1.25. The van der Waals surface area contributed by atoms with E-state index in [0.29, 0.717) is 4.47 Å². The summed E-state index contributed by atoms with van der Waals surface area (Å²) >= 11 is 3.20. The van der Waals surface area contributed by atoms with E-state index in [1.165, 1.54) is 19.2 Å². The van der Waals surface area contributed by atoms with Gasteiger partial charge in [0.1, 0.15) is 5.82 Å². The maximum Gasteiger partial charge on any atom is 0.328 e. The van der Waals surface area contributed by atoms with Gasteiger partial charge in [0.05, 0.1) is 6.61 Å². The molecular formula is C11H10BrFO3. The third kappa shape index (κ3) is 3.43. The Morgan fingerprint density at radius 2 is 2.31 bits per heavy atom. The minimum atomic E-state index is -1.13. The van der Waals surface area contributed by atoms with Gasteiger partial charge >= 0.3 is 5.97 Å². The van der Waals surface area contributed by atoms with Gasteiger partial charge in [0.25, 0.3) is 0 Å². The normalized spacial score (nSPS) is 11.6. The van der Waals surface area contributed by atoms with Gasteiger partial charge in [-0.2, -0.15) is 0 Å². The largest absolute Gasteiger partial charge is 0.478 e. The molecule has 3 nitrogen and oxygen atoms in total. The molecule has 1 N–H and O–H groups in total. The summed E-state index contributed by atoms with van der Waals surface area (Å²) in [7, 11) is 1.42. The van der Waals surface area contributed by atoms with Gasteiger partial charge < -0.3 is 9.84 Å². The summed E-state index contributed by atoms with van der Waals surface area (Å²) in [5.74, 6) is -1.61. The molecule has 0 amide bonds. The number of carboxylic acid groups (broad SMARTS) is 1. The van der Waals surface area contributed by atoms with Crippen LogP contribution in [0.5, 0.6) is 0 Å². The smallest absolute Gasteiger partial charge is 0.328 e. The molecule has 0 aromatic heterocycles. The van der Waals surface area contributed by atoms with E-state index < -0.39 is 11.8 Å². The van der Waals surface area contributed by atoms with Crippen molar-refractivity contribution in [2.45, 2.75) is 0 Å². The molecular weight excluding hydrogens is 279 g/mol. The number of carbonyl (C=O) groups is 1. The van der Waals surface area contributed by atoms with E-state index in [-0.39, 0.29) is 17.7 Å². The van der Waals surface area contributed by atoms with Gasteiger partial charge in [-0.25, -0.2) is 9.18 Å². The fraction of sp³-hybridized carbons (Fsp3) is 0.182. The SMILES string of the molecule is COC/C(=C\C(=O)O)c1cc(Br)ccc1F. The maximum absolute atomic E-state index is 13.5. The second-order valence-electron chi connectivity index (χ2n) is 3.06. The highest BCUT2D eigenvalue weighted by Gasteiger charge is 2.10. The second kappa shape index (κ2) is 5.77. The summed E-state index contributed by atoms with van der Waals surface area (Å²) in [6.45, 7) is 0.0413. The number of halogens is 2. The predicted octanol–water partition coefficient (Wildman–Crippen LogP) is 2.70. The third-order valence-electron chi connectivity index (χ3n) is 1.87. The van der Waals surface area contributed by atoms with Crippen LogP contribution >= 0.6 is 15.9 Å². The zero-order chi connectivity index (χ0) is 12.1. The summed E-state index contributed by atoms with van der Waals surface area (Å²) in [5, 5.41) is 8.67. The van der Waals surface area contributed by atoms with E-state index >= 15 is 0 Å². The van der Waals surface area contributed by atoms with Crippen LogP contribution in [0.3, 0.4) is 0 Å². The molecule has 0 radical (unpaired) electrons. The van der Waals surface area contributed by atoms with E-state index in [1.807, 2.05) is 0 Å². The first-order valence-corrected chi connectivity index (χ1v) is 5.21. The molecule has 0 aliphatic carbocycles. The minimum Gasteiger partial charge on any atom is -0.478 e. The van der Waals surface area contributed by atoms with Crippen LogP contribution < -0.4 is 0 Å². The first-order chi connectivity index (χ1) is 7.54. The van der Waals surface area contributed by atoms with Crippen LogP contribution in [0.1, 0.15) is 5.56 Å². The number of hydrogen-bond acceptors (Lipinski definition) is 2. The fourth-order valence-corrected chi connectivity index (χ4v) is 1.61. The molecule has 0 saturated heterocycles. The molecule has 0 atom stereocenters. The van der Waals surface area contributed by atoms with E-state index in [0.717, 1.165) is 6.08 Å². The molecule has 1 rings (SSSR count). The topological polar surface area (TPSA) is 46.5 Å². The average molecular weight is 289 g/mol. The molecule has 1 aromatic carbocycles. The van der Waals surface area contributed by atoms with Crippen molar-refractivity contribution in [2.24, 2.45) is 0 Å². The molecule has 0 fully saturated rings. The zero-order valence-electron chi connectivity index (χ0n) is 8.54. The van der Waals surface area contributed by atoms with E-state index in [1.54, 1.807) is 6.07 Å². The van der Waals surface area contributed by atoms with Crippen LogP contribution in [0, 0.1) is 5.82 Å². The number of aliphatic carboxylic acids is 1. The van der Waals surface area contributed by atoms with Gasteiger partial charge in [-0.3, -0.25) is 0 Å². The lowest BCUT2D eigenvalue weighted by Crippen LogP contribution is -2.01. The van der Waals surface area contributed by atoms with Crippen LogP contribution in [-0.2, 0) is 9.53 Å².